The monoisotopic (exact) mass is 203 g/mol. The minimum absolute atomic E-state index is 0.364. The van der Waals surface area contributed by atoms with Crippen LogP contribution in [0.5, 0.6) is 0 Å². The van der Waals surface area contributed by atoms with Gasteiger partial charge in [0.2, 0.25) is 0 Å². The molecule has 0 bridgehead atoms. The normalized spacial score (nSPS) is 9.93. The molecule has 5 heteroatoms. The Morgan fingerprint density at radius 2 is 2.33 bits per heavy atom. The van der Waals surface area contributed by atoms with Crippen LogP contribution < -0.4 is 0 Å². The van der Waals surface area contributed by atoms with Crippen LogP contribution in [-0.4, -0.2) is 28.1 Å². The van der Waals surface area contributed by atoms with E-state index in [-0.39, 0.29) is 5.97 Å². The van der Waals surface area contributed by atoms with Crippen molar-refractivity contribution in [3.05, 3.63) is 42.2 Å². The first-order valence-corrected chi connectivity index (χ1v) is 4.36. The number of ether oxygens (including phenoxy) is 1. The molecule has 0 spiro atoms. The van der Waals surface area contributed by atoms with Crippen molar-refractivity contribution in [3.8, 4) is 5.69 Å². The average molecular weight is 203 g/mol. The maximum absolute atomic E-state index is 11.3. The fourth-order valence-corrected chi connectivity index (χ4v) is 1.24. The zero-order chi connectivity index (χ0) is 10.7. The molecule has 0 amide bonds. The van der Waals surface area contributed by atoms with Crippen molar-refractivity contribution < 1.29 is 9.53 Å². The van der Waals surface area contributed by atoms with Crippen LogP contribution in [0.3, 0.4) is 0 Å². The molecule has 0 unspecified atom stereocenters. The molecule has 0 aliphatic heterocycles. The summed E-state index contributed by atoms with van der Waals surface area (Å²) in [6, 6.07) is 6.98. The number of aromatic nitrogens is 3. The van der Waals surface area contributed by atoms with Crippen LogP contribution >= 0.6 is 0 Å². The molecule has 76 valence electrons. The fourth-order valence-electron chi connectivity index (χ4n) is 1.24. The van der Waals surface area contributed by atoms with Crippen LogP contribution in [0.25, 0.3) is 5.69 Å². The molecule has 15 heavy (non-hydrogen) atoms. The van der Waals surface area contributed by atoms with Crippen molar-refractivity contribution in [3.63, 3.8) is 0 Å². The van der Waals surface area contributed by atoms with E-state index in [0.29, 0.717) is 5.56 Å². The Bertz CT molecular complexity index is 465. The molecule has 0 atom stereocenters. The molecule has 2 aromatic rings. The molecule has 0 aliphatic rings. The van der Waals surface area contributed by atoms with Gasteiger partial charge in [0.1, 0.15) is 0 Å². The van der Waals surface area contributed by atoms with Crippen molar-refractivity contribution in [2.45, 2.75) is 0 Å². The summed E-state index contributed by atoms with van der Waals surface area (Å²) in [5.41, 5.74) is 1.26. The van der Waals surface area contributed by atoms with Crippen molar-refractivity contribution in [1.82, 2.24) is 15.0 Å². The number of esters is 1. The van der Waals surface area contributed by atoms with Crippen LogP contribution in [0.4, 0.5) is 0 Å². The van der Waals surface area contributed by atoms with E-state index in [1.807, 2.05) is 6.07 Å². The Labute approximate surface area is 86.3 Å². The van der Waals surface area contributed by atoms with Gasteiger partial charge in [-0.15, -0.1) is 5.10 Å². The molecule has 0 fully saturated rings. The van der Waals surface area contributed by atoms with Crippen LogP contribution in [0.1, 0.15) is 10.4 Å². The molecule has 0 radical (unpaired) electrons. The van der Waals surface area contributed by atoms with Gasteiger partial charge in [-0.1, -0.05) is 11.3 Å². The first kappa shape index (κ1) is 9.39. The maximum atomic E-state index is 11.3. The van der Waals surface area contributed by atoms with Crippen molar-refractivity contribution >= 4 is 5.97 Å². The van der Waals surface area contributed by atoms with E-state index in [2.05, 4.69) is 15.0 Å². The molecule has 2 rings (SSSR count). The van der Waals surface area contributed by atoms with Crippen LogP contribution in [0.2, 0.25) is 0 Å². The van der Waals surface area contributed by atoms with E-state index in [1.54, 1.807) is 35.3 Å². The third kappa shape index (κ3) is 1.85. The Balaban J connectivity index is 2.39. The number of hydrogen-bond donors (Lipinski definition) is 0. The minimum Gasteiger partial charge on any atom is -0.465 e. The van der Waals surface area contributed by atoms with Gasteiger partial charge in [-0.05, 0) is 18.2 Å². The van der Waals surface area contributed by atoms with Gasteiger partial charge in [-0.3, -0.25) is 0 Å². The quantitative estimate of drug-likeness (QED) is 0.684. The Morgan fingerprint density at radius 1 is 1.47 bits per heavy atom. The smallest absolute Gasteiger partial charge is 0.337 e. The zero-order valence-corrected chi connectivity index (χ0v) is 8.12. The van der Waals surface area contributed by atoms with Crippen molar-refractivity contribution in [2.75, 3.05) is 7.11 Å². The second-order valence-corrected chi connectivity index (χ2v) is 2.89. The first-order chi connectivity index (χ1) is 7.31. The van der Waals surface area contributed by atoms with Crippen molar-refractivity contribution in [2.24, 2.45) is 0 Å². The van der Waals surface area contributed by atoms with E-state index in [0.717, 1.165) is 5.69 Å². The summed E-state index contributed by atoms with van der Waals surface area (Å²) in [4.78, 5) is 11.3. The number of nitrogens with zero attached hydrogens (tertiary/aromatic N) is 3. The highest BCUT2D eigenvalue weighted by molar-refractivity contribution is 5.89. The van der Waals surface area contributed by atoms with E-state index in [9.17, 15) is 4.79 Å². The van der Waals surface area contributed by atoms with Gasteiger partial charge in [-0.25, -0.2) is 9.48 Å². The van der Waals surface area contributed by atoms with E-state index in [4.69, 9.17) is 0 Å². The Kier molecular flexibility index (Phi) is 2.45. The first-order valence-electron chi connectivity index (χ1n) is 4.36. The third-order valence-electron chi connectivity index (χ3n) is 1.95. The molecule has 0 aliphatic carbocycles. The summed E-state index contributed by atoms with van der Waals surface area (Å²) in [5, 5.41) is 7.52. The van der Waals surface area contributed by atoms with Crippen molar-refractivity contribution in [1.29, 1.82) is 0 Å². The summed E-state index contributed by atoms with van der Waals surface area (Å²) in [5.74, 6) is -0.364. The Hall–Kier alpha value is -2.17. The number of benzene rings is 1. The Morgan fingerprint density at radius 3 is 3.00 bits per heavy atom. The maximum Gasteiger partial charge on any atom is 0.337 e. The topological polar surface area (TPSA) is 57.0 Å². The number of carbonyl (C=O) groups excluding carboxylic acids is 1. The van der Waals surface area contributed by atoms with Crippen LogP contribution in [0.15, 0.2) is 36.7 Å². The van der Waals surface area contributed by atoms with E-state index in [1.165, 1.54) is 7.11 Å². The third-order valence-corrected chi connectivity index (χ3v) is 1.95. The number of hydrogen-bond acceptors (Lipinski definition) is 4. The van der Waals surface area contributed by atoms with Gasteiger partial charge in [0.05, 0.1) is 30.8 Å². The molecule has 1 aromatic heterocycles. The highest BCUT2D eigenvalue weighted by Gasteiger charge is 2.06. The van der Waals surface area contributed by atoms with Gasteiger partial charge in [0.15, 0.2) is 0 Å². The lowest BCUT2D eigenvalue weighted by Gasteiger charge is -2.02. The standard InChI is InChI=1S/C10H9N3O2/c1-15-10(14)8-3-2-4-9(7-8)13-6-5-11-12-13/h2-7H,1H3. The van der Waals surface area contributed by atoms with Gasteiger partial charge >= 0.3 is 5.97 Å². The molecule has 0 N–H and O–H groups in total. The van der Waals surface area contributed by atoms with E-state index >= 15 is 0 Å². The molecule has 0 saturated carbocycles. The molecule has 5 nitrogen and oxygen atoms in total. The largest absolute Gasteiger partial charge is 0.465 e. The summed E-state index contributed by atoms with van der Waals surface area (Å²) < 4.78 is 6.20. The van der Waals surface area contributed by atoms with Crippen LogP contribution in [-0.2, 0) is 4.74 Å². The summed E-state index contributed by atoms with van der Waals surface area (Å²) >= 11 is 0. The minimum atomic E-state index is -0.364. The molecule has 1 heterocycles. The van der Waals surface area contributed by atoms with Gasteiger partial charge < -0.3 is 4.74 Å². The highest BCUT2D eigenvalue weighted by atomic mass is 16.5. The lowest BCUT2D eigenvalue weighted by molar-refractivity contribution is 0.0600. The number of carbonyl (C=O) groups is 1. The predicted molar refractivity (Wildman–Crippen MR) is 52.7 cm³/mol. The zero-order valence-electron chi connectivity index (χ0n) is 8.12. The SMILES string of the molecule is COC(=O)c1cccc(-n2ccnn2)c1. The van der Waals surface area contributed by atoms with E-state index < -0.39 is 0 Å². The molecular formula is C10H9N3O2. The fraction of sp³-hybridized carbons (Fsp3) is 0.100. The summed E-state index contributed by atoms with van der Waals surface area (Å²) in [6.07, 6.45) is 3.28. The lowest BCUT2D eigenvalue weighted by atomic mass is 10.2. The second-order valence-electron chi connectivity index (χ2n) is 2.89. The highest BCUT2D eigenvalue weighted by Crippen LogP contribution is 2.09. The number of methoxy groups -OCH3 is 1. The molecule has 0 saturated heterocycles. The summed E-state index contributed by atoms with van der Waals surface area (Å²) in [7, 11) is 1.35. The number of rotatable bonds is 2. The molecular weight excluding hydrogens is 194 g/mol. The van der Waals surface area contributed by atoms with Gasteiger partial charge in [0, 0.05) is 0 Å². The molecule has 1 aromatic carbocycles. The predicted octanol–water partition coefficient (Wildman–Crippen LogP) is 1.05. The van der Waals surface area contributed by atoms with Crippen LogP contribution in [0, 0.1) is 0 Å². The van der Waals surface area contributed by atoms with Gasteiger partial charge in [0.25, 0.3) is 0 Å². The second kappa shape index (κ2) is 3.91. The lowest BCUT2D eigenvalue weighted by Crippen LogP contribution is -2.03. The van der Waals surface area contributed by atoms with Gasteiger partial charge in [-0.2, -0.15) is 0 Å². The average Bonchev–Trinajstić information content (AvgIpc) is 2.82. The summed E-state index contributed by atoms with van der Waals surface area (Å²) in [6.45, 7) is 0.